The molecule has 2 rings (SSSR count). The predicted octanol–water partition coefficient (Wildman–Crippen LogP) is 2.35. The van der Waals surface area contributed by atoms with Gasteiger partial charge in [0.2, 0.25) is 10.0 Å². The summed E-state index contributed by atoms with van der Waals surface area (Å²) in [6.45, 7) is 1.47. The van der Waals surface area contributed by atoms with Crippen LogP contribution in [0, 0.1) is 18.6 Å². The summed E-state index contributed by atoms with van der Waals surface area (Å²) in [5.74, 6) is -1.91. The molecule has 8 heteroatoms. The lowest BCUT2D eigenvalue weighted by Gasteiger charge is -2.12. The van der Waals surface area contributed by atoms with Crippen molar-refractivity contribution in [3.63, 3.8) is 0 Å². The molecule has 0 aliphatic rings. The fourth-order valence-electron chi connectivity index (χ4n) is 1.77. The highest BCUT2D eigenvalue weighted by Crippen LogP contribution is 2.24. The molecule has 0 amide bonds. The van der Waals surface area contributed by atoms with Gasteiger partial charge < -0.3 is 5.11 Å². The zero-order valence-electron chi connectivity index (χ0n) is 11.0. The molecule has 0 spiro atoms. The first-order chi connectivity index (χ1) is 9.81. The number of rotatable bonds is 5. The molecule has 1 atom stereocenters. The van der Waals surface area contributed by atoms with E-state index in [1.165, 1.54) is 11.3 Å². The first kappa shape index (κ1) is 16.0. The zero-order valence-corrected chi connectivity index (χ0v) is 12.6. The molecule has 2 aromatic rings. The highest BCUT2D eigenvalue weighted by Gasteiger charge is 2.22. The minimum atomic E-state index is -4.23. The molecule has 1 aromatic carbocycles. The van der Waals surface area contributed by atoms with Crippen LogP contribution in [0.15, 0.2) is 34.5 Å². The van der Waals surface area contributed by atoms with E-state index >= 15 is 0 Å². The Kier molecular flexibility index (Phi) is 4.72. The van der Waals surface area contributed by atoms with Crippen molar-refractivity contribution in [1.29, 1.82) is 0 Å². The Balaban J connectivity index is 2.15. The van der Waals surface area contributed by atoms with Crippen LogP contribution in [-0.4, -0.2) is 20.1 Å². The van der Waals surface area contributed by atoms with E-state index in [0.29, 0.717) is 10.9 Å². The van der Waals surface area contributed by atoms with Gasteiger partial charge in [0, 0.05) is 11.4 Å². The van der Waals surface area contributed by atoms with E-state index in [9.17, 15) is 22.3 Å². The quantitative estimate of drug-likeness (QED) is 0.883. The zero-order chi connectivity index (χ0) is 15.6. The lowest BCUT2D eigenvalue weighted by atomic mass is 10.2. The van der Waals surface area contributed by atoms with Gasteiger partial charge in [0.05, 0.1) is 0 Å². The van der Waals surface area contributed by atoms with E-state index in [1.807, 2.05) is 0 Å². The second-order valence-corrected chi connectivity index (χ2v) is 7.09. The van der Waals surface area contributed by atoms with Gasteiger partial charge in [0.1, 0.15) is 22.6 Å². The minimum absolute atomic E-state index is 0.320. The van der Waals surface area contributed by atoms with Crippen molar-refractivity contribution < 1.29 is 22.3 Å². The molecule has 1 heterocycles. The molecule has 21 heavy (non-hydrogen) atoms. The minimum Gasteiger partial charge on any atom is -0.386 e. The molecule has 0 aliphatic carbocycles. The number of sulfonamides is 1. The Morgan fingerprint density at radius 3 is 2.67 bits per heavy atom. The van der Waals surface area contributed by atoms with Crippen LogP contribution < -0.4 is 4.72 Å². The van der Waals surface area contributed by atoms with Crippen LogP contribution in [0.4, 0.5) is 8.78 Å². The topological polar surface area (TPSA) is 66.4 Å². The first-order valence-corrected chi connectivity index (χ1v) is 8.34. The normalized spacial score (nSPS) is 13.3. The van der Waals surface area contributed by atoms with Crippen LogP contribution in [0.2, 0.25) is 0 Å². The number of nitrogens with one attached hydrogen (secondary N) is 1. The molecule has 0 fully saturated rings. The molecule has 0 aliphatic heterocycles. The number of aryl methyl sites for hydroxylation is 1. The van der Waals surface area contributed by atoms with Gasteiger partial charge in [0.15, 0.2) is 0 Å². The largest absolute Gasteiger partial charge is 0.386 e. The van der Waals surface area contributed by atoms with Crippen molar-refractivity contribution in [1.82, 2.24) is 4.72 Å². The van der Waals surface area contributed by atoms with Crippen LogP contribution in [0.5, 0.6) is 0 Å². The molecule has 0 bridgehead atoms. The van der Waals surface area contributed by atoms with Crippen molar-refractivity contribution >= 4 is 21.4 Å². The van der Waals surface area contributed by atoms with E-state index in [4.69, 9.17) is 0 Å². The fraction of sp³-hybridized carbons (Fsp3) is 0.231. The van der Waals surface area contributed by atoms with E-state index in [0.717, 1.165) is 17.7 Å². The van der Waals surface area contributed by atoms with Gasteiger partial charge in [-0.25, -0.2) is 21.9 Å². The van der Waals surface area contributed by atoms with E-state index in [1.54, 1.807) is 18.4 Å². The van der Waals surface area contributed by atoms with Crippen molar-refractivity contribution in [3.05, 3.63) is 51.7 Å². The molecule has 0 saturated heterocycles. The van der Waals surface area contributed by atoms with Crippen molar-refractivity contribution in [3.8, 4) is 0 Å². The lowest BCUT2D eigenvalue weighted by molar-refractivity contribution is 0.185. The molecule has 1 unspecified atom stereocenters. The SMILES string of the molecule is Cc1ccsc1C(O)CNS(=O)(=O)c1cc(F)ccc1F. The number of hydrogen-bond acceptors (Lipinski definition) is 4. The number of aliphatic hydroxyl groups excluding tert-OH is 1. The third kappa shape index (κ3) is 3.65. The first-order valence-electron chi connectivity index (χ1n) is 5.98. The summed E-state index contributed by atoms with van der Waals surface area (Å²) in [6.07, 6.45) is -1.05. The predicted molar refractivity (Wildman–Crippen MR) is 75.6 cm³/mol. The Bertz CT molecular complexity index is 744. The second-order valence-electron chi connectivity index (χ2n) is 4.41. The molecule has 1 aromatic heterocycles. The summed E-state index contributed by atoms with van der Waals surface area (Å²) in [4.78, 5) is -0.157. The number of halogens is 2. The number of thiophene rings is 1. The Labute approximate surface area is 125 Å². The maximum Gasteiger partial charge on any atom is 0.243 e. The molecule has 0 saturated carbocycles. The van der Waals surface area contributed by atoms with Crippen LogP contribution >= 0.6 is 11.3 Å². The van der Waals surface area contributed by atoms with Gasteiger partial charge in [-0.2, -0.15) is 0 Å². The van der Waals surface area contributed by atoms with Crippen LogP contribution in [0.25, 0.3) is 0 Å². The van der Waals surface area contributed by atoms with Gasteiger partial charge in [-0.1, -0.05) is 0 Å². The van der Waals surface area contributed by atoms with Gasteiger partial charge in [0.25, 0.3) is 0 Å². The van der Waals surface area contributed by atoms with Gasteiger partial charge >= 0.3 is 0 Å². The maximum atomic E-state index is 13.5. The maximum absolute atomic E-state index is 13.5. The van der Waals surface area contributed by atoms with Crippen LogP contribution in [-0.2, 0) is 10.0 Å². The smallest absolute Gasteiger partial charge is 0.243 e. The summed E-state index contributed by atoms with van der Waals surface area (Å²) in [6, 6.07) is 3.96. The molecular formula is C13H13F2NO3S2. The van der Waals surface area contributed by atoms with Crippen molar-refractivity contribution in [2.75, 3.05) is 6.54 Å². The van der Waals surface area contributed by atoms with Crippen molar-refractivity contribution in [2.24, 2.45) is 0 Å². The highest BCUT2D eigenvalue weighted by molar-refractivity contribution is 7.89. The third-order valence-electron chi connectivity index (χ3n) is 2.85. The Morgan fingerprint density at radius 2 is 2.05 bits per heavy atom. The standard InChI is InChI=1S/C13H13F2NO3S2/c1-8-4-5-20-13(8)11(17)7-16-21(18,19)12-6-9(14)2-3-10(12)15/h2-6,11,16-17H,7H2,1H3. The molecule has 0 radical (unpaired) electrons. The lowest BCUT2D eigenvalue weighted by Crippen LogP contribution is -2.29. The van der Waals surface area contributed by atoms with Crippen LogP contribution in [0.3, 0.4) is 0 Å². The van der Waals surface area contributed by atoms with Gasteiger partial charge in [-0.05, 0) is 42.1 Å². The van der Waals surface area contributed by atoms with Crippen molar-refractivity contribution in [2.45, 2.75) is 17.9 Å². The second kappa shape index (κ2) is 6.18. The highest BCUT2D eigenvalue weighted by atomic mass is 32.2. The fourth-order valence-corrected chi connectivity index (χ4v) is 3.81. The number of aliphatic hydroxyl groups is 1. The number of benzene rings is 1. The molecular weight excluding hydrogens is 320 g/mol. The van der Waals surface area contributed by atoms with Gasteiger partial charge in [-0.3, -0.25) is 0 Å². The number of hydrogen-bond donors (Lipinski definition) is 2. The van der Waals surface area contributed by atoms with E-state index < -0.39 is 32.7 Å². The summed E-state index contributed by atoms with van der Waals surface area (Å²) in [5.41, 5.74) is 0.837. The van der Waals surface area contributed by atoms with E-state index in [-0.39, 0.29) is 6.54 Å². The van der Waals surface area contributed by atoms with E-state index in [2.05, 4.69) is 4.72 Å². The average molecular weight is 333 g/mol. The Morgan fingerprint density at radius 1 is 1.33 bits per heavy atom. The summed E-state index contributed by atoms with van der Waals surface area (Å²) < 4.78 is 52.5. The molecule has 114 valence electrons. The molecule has 4 nitrogen and oxygen atoms in total. The monoisotopic (exact) mass is 333 g/mol. The molecule has 2 N–H and O–H groups in total. The third-order valence-corrected chi connectivity index (χ3v) is 5.41. The summed E-state index contributed by atoms with van der Waals surface area (Å²) >= 11 is 1.29. The Hall–Kier alpha value is -1.35. The average Bonchev–Trinajstić information content (AvgIpc) is 2.85. The van der Waals surface area contributed by atoms with Crippen LogP contribution in [0.1, 0.15) is 16.5 Å². The summed E-state index contributed by atoms with van der Waals surface area (Å²) in [7, 11) is -4.23. The summed E-state index contributed by atoms with van der Waals surface area (Å²) in [5, 5.41) is 11.7. The van der Waals surface area contributed by atoms with Gasteiger partial charge in [-0.15, -0.1) is 11.3 Å².